The average Bonchev–Trinajstić information content (AvgIpc) is 2.88. The molecule has 2 rings (SSSR count). The molecule has 0 aliphatic heterocycles. The van der Waals surface area contributed by atoms with Crippen LogP contribution in [-0.4, -0.2) is 20.6 Å². The third kappa shape index (κ3) is 4.07. The lowest BCUT2D eigenvalue weighted by molar-refractivity contribution is 0.0952. The maximum Gasteiger partial charge on any atom is 0.253 e. The van der Waals surface area contributed by atoms with E-state index in [1.54, 1.807) is 35.6 Å². The van der Waals surface area contributed by atoms with Gasteiger partial charge in [-0.25, -0.2) is 8.42 Å². The first-order valence-electron chi connectivity index (χ1n) is 5.83. The minimum Gasteiger partial charge on any atom is -0.347 e. The highest BCUT2D eigenvalue weighted by Crippen LogP contribution is 2.16. The summed E-state index contributed by atoms with van der Waals surface area (Å²) in [6.07, 6.45) is 1.05. The summed E-state index contributed by atoms with van der Waals surface area (Å²) in [6, 6.07) is 10.3. The summed E-state index contributed by atoms with van der Waals surface area (Å²) in [7, 11) is -3.42. The maximum atomic E-state index is 12.1. The molecule has 7 heteroatoms. The van der Waals surface area contributed by atoms with E-state index in [-0.39, 0.29) is 11.6 Å². The average molecular weight is 310 g/mol. The van der Waals surface area contributed by atoms with Crippen molar-refractivity contribution >= 4 is 33.0 Å². The van der Waals surface area contributed by atoms with Crippen LogP contribution in [0.4, 0.5) is 5.69 Å². The predicted octanol–water partition coefficient (Wildman–Crippen LogP) is 2.05. The van der Waals surface area contributed by atoms with Crippen molar-refractivity contribution in [1.29, 1.82) is 0 Å². The molecule has 0 atom stereocenters. The van der Waals surface area contributed by atoms with Gasteiger partial charge in [-0.15, -0.1) is 11.3 Å². The number of hydrogen-bond donors (Lipinski definition) is 2. The molecule has 0 radical (unpaired) electrons. The summed E-state index contributed by atoms with van der Waals surface area (Å²) >= 11 is 1.55. The minimum atomic E-state index is -3.42. The molecule has 1 aromatic carbocycles. The number of thiophene rings is 1. The topological polar surface area (TPSA) is 75.3 Å². The Hall–Kier alpha value is -1.86. The Balaban J connectivity index is 2.13. The summed E-state index contributed by atoms with van der Waals surface area (Å²) in [5.41, 5.74) is 0.577. The van der Waals surface area contributed by atoms with E-state index in [2.05, 4.69) is 10.0 Å². The van der Waals surface area contributed by atoms with E-state index in [1.165, 1.54) is 0 Å². The van der Waals surface area contributed by atoms with Gasteiger partial charge in [0, 0.05) is 4.88 Å². The van der Waals surface area contributed by atoms with Crippen LogP contribution in [0.5, 0.6) is 0 Å². The monoisotopic (exact) mass is 310 g/mol. The first kappa shape index (κ1) is 14.5. The van der Waals surface area contributed by atoms with Crippen molar-refractivity contribution in [2.45, 2.75) is 6.54 Å². The van der Waals surface area contributed by atoms with Crippen LogP contribution in [-0.2, 0) is 16.6 Å². The van der Waals surface area contributed by atoms with E-state index in [0.717, 1.165) is 11.1 Å². The molecule has 106 valence electrons. The Morgan fingerprint density at radius 1 is 1.20 bits per heavy atom. The van der Waals surface area contributed by atoms with E-state index < -0.39 is 10.0 Å². The van der Waals surface area contributed by atoms with Crippen LogP contribution in [0.1, 0.15) is 15.2 Å². The lowest BCUT2D eigenvalue weighted by Crippen LogP contribution is -2.24. The Kier molecular flexibility index (Phi) is 4.41. The summed E-state index contributed by atoms with van der Waals surface area (Å²) in [5.74, 6) is -0.315. The van der Waals surface area contributed by atoms with Crippen molar-refractivity contribution in [2.24, 2.45) is 0 Å². The summed E-state index contributed by atoms with van der Waals surface area (Å²) in [6.45, 7) is 0.420. The second-order valence-electron chi connectivity index (χ2n) is 4.18. The third-order valence-electron chi connectivity index (χ3n) is 2.47. The highest BCUT2D eigenvalue weighted by Gasteiger charge is 2.13. The lowest BCUT2D eigenvalue weighted by atomic mass is 10.1. The van der Waals surface area contributed by atoms with E-state index >= 15 is 0 Å². The highest BCUT2D eigenvalue weighted by atomic mass is 32.2. The van der Waals surface area contributed by atoms with Crippen molar-refractivity contribution < 1.29 is 13.2 Å². The van der Waals surface area contributed by atoms with Gasteiger partial charge in [-0.05, 0) is 23.6 Å². The molecule has 0 saturated heterocycles. The van der Waals surface area contributed by atoms with E-state index in [1.807, 2.05) is 17.5 Å². The summed E-state index contributed by atoms with van der Waals surface area (Å²) in [4.78, 5) is 13.1. The van der Waals surface area contributed by atoms with Gasteiger partial charge < -0.3 is 5.32 Å². The number of sulfonamides is 1. The SMILES string of the molecule is CS(=O)(=O)Nc1ccccc1C(=O)NCc1cccs1. The molecule has 0 fully saturated rings. The van der Waals surface area contributed by atoms with Crippen LogP contribution in [0.3, 0.4) is 0 Å². The molecular formula is C13H14N2O3S2. The smallest absolute Gasteiger partial charge is 0.253 e. The normalized spacial score (nSPS) is 11.1. The van der Waals surface area contributed by atoms with Crippen LogP contribution in [0, 0.1) is 0 Å². The van der Waals surface area contributed by atoms with Gasteiger partial charge in [0.2, 0.25) is 10.0 Å². The molecule has 5 nitrogen and oxygen atoms in total. The molecule has 1 aromatic heterocycles. The predicted molar refractivity (Wildman–Crippen MR) is 80.4 cm³/mol. The Bertz CT molecular complexity index is 694. The fourth-order valence-electron chi connectivity index (χ4n) is 1.65. The second-order valence-corrected chi connectivity index (χ2v) is 6.96. The van der Waals surface area contributed by atoms with Crippen molar-refractivity contribution in [3.8, 4) is 0 Å². The van der Waals surface area contributed by atoms with Gasteiger partial charge in [0.1, 0.15) is 0 Å². The van der Waals surface area contributed by atoms with Crippen LogP contribution in [0.2, 0.25) is 0 Å². The van der Waals surface area contributed by atoms with Gasteiger partial charge in [0.05, 0.1) is 24.1 Å². The standard InChI is InChI=1S/C13H14N2O3S2/c1-20(17,18)15-12-7-3-2-6-11(12)13(16)14-9-10-5-4-8-19-10/h2-8,15H,9H2,1H3,(H,14,16). The summed E-state index contributed by atoms with van der Waals surface area (Å²) < 4.78 is 24.9. The van der Waals surface area contributed by atoms with Crippen LogP contribution in [0.25, 0.3) is 0 Å². The van der Waals surface area contributed by atoms with Crippen molar-refractivity contribution in [1.82, 2.24) is 5.32 Å². The fourth-order valence-corrected chi connectivity index (χ4v) is 2.87. The van der Waals surface area contributed by atoms with Crippen LogP contribution >= 0.6 is 11.3 Å². The number of carbonyl (C=O) groups excluding carboxylic acids is 1. The molecule has 0 saturated carbocycles. The quantitative estimate of drug-likeness (QED) is 0.887. The van der Waals surface area contributed by atoms with Gasteiger partial charge in [0.15, 0.2) is 0 Å². The number of nitrogens with one attached hydrogen (secondary N) is 2. The zero-order valence-electron chi connectivity index (χ0n) is 10.8. The number of anilines is 1. The van der Waals surface area contributed by atoms with E-state index in [9.17, 15) is 13.2 Å². The zero-order chi connectivity index (χ0) is 14.6. The highest BCUT2D eigenvalue weighted by molar-refractivity contribution is 7.92. The molecule has 2 N–H and O–H groups in total. The molecule has 1 amide bonds. The van der Waals surface area contributed by atoms with Gasteiger partial charge in [-0.3, -0.25) is 9.52 Å². The number of amides is 1. The summed E-state index contributed by atoms with van der Waals surface area (Å²) in [5, 5.41) is 4.70. The van der Waals surface area contributed by atoms with E-state index in [0.29, 0.717) is 12.1 Å². The van der Waals surface area contributed by atoms with Crippen molar-refractivity contribution in [3.05, 3.63) is 52.2 Å². The number of hydrogen-bond acceptors (Lipinski definition) is 4. The molecule has 0 unspecified atom stereocenters. The minimum absolute atomic E-state index is 0.277. The molecule has 0 aliphatic carbocycles. The second kappa shape index (κ2) is 6.06. The van der Waals surface area contributed by atoms with Gasteiger partial charge in [-0.2, -0.15) is 0 Å². The lowest BCUT2D eigenvalue weighted by Gasteiger charge is -2.10. The first-order valence-corrected chi connectivity index (χ1v) is 8.60. The Morgan fingerprint density at radius 3 is 2.60 bits per heavy atom. The van der Waals surface area contributed by atoms with Crippen LogP contribution in [0.15, 0.2) is 41.8 Å². The van der Waals surface area contributed by atoms with Crippen molar-refractivity contribution in [2.75, 3.05) is 11.0 Å². The molecule has 2 aromatic rings. The largest absolute Gasteiger partial charge is 0.347 e. The molecule has 1 heterocycles. The molecule has 20 heavy (non-hydrogen) atoms. The number of benzene rings is 1. The third-order valence-corrected chi connectivity index (χ3v) is 3.94. The molecule has 0 spiro atoms. The molecule has 0 bridgehead atoms. The van der Waals surface area contributed by atoms with Crippen LogP contribution < -0.4 is 10.0 Å². The maximum absolute atomic E-state index is 12.1. The van der Waals surface area contributed by atoms with Gasteiger partial charge in [-0.1, -0.05) is 18.2 Å². The molecular weight excluding hydrogens is 296 g/mol. The fraction of sp³-hybridized carbons (Fsp3) is 0.154. The number of rotatable bonds is 5. The Labute approximate surface area is 121 Å². The number of para-hydroxylation sites is 1. The van der Waals surface area contributed by atoms with Gasteiger partial charge >= 0.3 is 0 Å². The zero-order valence-corrected chi connectivity index (χ0v) is 12.4. The molecule has 0 aliphatic rings. The van der Waals surface area contributed by atoms with Crippen molar-refractivity contribution in [3.63, 3.8) is 0 Å². The number of carbonyl (C=O) groups is 1. The van der Waals surface area contributed by atoms with E-state index in [4.69, 9.17) is 0 Å². The van der Waals surface area contributed by atoms with Gasteiger partial charge in [0.25, 0.3) is 5.91 Å². The first-order chi connectivity index (χ1) is 9.46. The Morgan fingerprint density at radius 2 is 1.95 bits per heavy atom.